The normalized spacial score (nSPS) is 23.7. The molecule has 0 spiro atoms. The number of aliphatic hydroxyl groups is 1. The first-order valence-corrected chi connectivity index (χ1v) is 11.8. The maximum atomic E-state index is 11.7. The molecule has 3 heterocycles. The first-order valence-electron chi connectivity index (χ1n) is 11.8. The third-order valence-electron chi connectivity index (χ3n) is 7.42. The molecule has 4 aromatic rings. The summed E-state index contributed by atoms with van der Waals surface area (Å²) in [6.07, 6.45) is 6.18. The zero-order valence-electron chi connectivity index (χ0n) is 19.2. The number of rotatable bonds is 3. The molecule has 2 saturated heterocycles. The Balaban J connectivity index is 0.000000380. The van der Waals surface area contributed by atoms with Crippen molar-refractivity contribution < 1.29 is 24.9 Å². The van der Waals surface area contributed by atoms with Crippen LogP contribution in [0, 0.1) is 0 Å². The molecular formula is C28H28N2O5. The van der Waals surface area contributed by atoms with E-state index in [1.807, 2.05) is 0 Å². The smallest absolute Gasteiger partial charge is 0.414 e. The standard InChI is InChI=1S/C26H26N2O.C2H2O4/c29-26(21-10-9-18-5-1-2-6-19(18)13-21)14-22-11-12-23(15-26)28(22)17-20-16-27-25-8-4-3-7-24(20)25;3-1(4)2(5)6/h1-10,13,16,22-23,27,29H,11-12,14-15,17H2;(H,3,4)(H,5,6)/t22-,23+,26?;. The zero-order valence-corrected chi connectivity index (χ0v) is 19.2. The van der Waals surface area contributed by atoms with Gasteiger partial charge >= 0.3 is 11.9 Å². The van der Waals surface area contributed by atoms with Crippen LogP contribution in [0.2, 0.25) is 0 Å². The fourth-order valence-corrected chi connectivity index (χ4v) is 5.75. The Kier molecular flexibility index (Phi) is 6.05. The van der Waals surface area contributed by atoms with E-state index >= 15 is 0 Å². The lowest BCUT2D eigenvalue weighted by molar-refractivity contribution is -0.159. The molecule has 0 saturated carbocycles. The maximum absolute atomic E-state index is 11.7. The fraction of sp³-hybridized carbons (Fsp3) is 0.286. The second-order valence-corrected chi connectivity index (χ2v) is 9.53. The number of benzene rings is 3. The lowest BCUT2D eigenvalue weighted by Gasteiger charge is -2.44. The number of aliphatic carboxylic acids is 2. The molecule has 2 aliphatic heterocycles. The van der Waals surface area contributed by atoms with Crippen LogP contribution >= 0.6 is 0 Å². The van der Waals surface area contributed by atoms with Crippen molar-refractivity contribution in [3.8, 4) is 0 Å². The van der Waals surface area contributed by atoms with Crippen molar-refractivity contribution in [3.05, 3.63) is 84.1 Å². The van der Waals surface area contributed by atoms with Crippen LogP contribution in [0.5, 0.6) is 0 Å². The number of carboxylic acid groups (broad SMARTS) is 2. The molecular weight excluding hydrogens is 444 g/mol. The highest BCUT2D eigenvalue weighted by Crippen LogP contribution is 2.47. The first kappa shape index (κ1) is 23.1. The van der Waals surface area contributed by atoms with Crippen molar-refractivity contribution >= 4 is 33.6 Å². The first-order chi connectivity index (χ1) is 16.8. The van der Waals surface area contributed by atoms with Gasteiger partial charge in [0, 0.05) is 35.7 Å². The van der Waals surface area contributed by atoms with Gasteiger partial charge in [-0.25, -0.2) is 9.59 Å². The highest BCUT2D eigenvalue weighted by atomic mass is 16.4. The number of carbonyl (C=O) groups is 2. The van der Waals surface area contributed by atoms with E-state index in [1.54, 1.807) is 0 Å². The summed E-state index contributed by atoms with van der Waals surface area (Å²) in [6.45, 7) is 0.965. The molecule has 0 aliphatic carbocycles. The number of para-hydroxylation sites is 1. The monoisotopic (exact) mass is 472 g/mol. The Labute approximate surface area is 202 Å². The van der Waals surface area contributed by atoms with Gasteiger partial charge in [0.1, 0.15) is 0 Å². The molecule has 180 valence electrons. The van der Waals surface area contributed by atoms with Gasteiger partial charge in [0.25, 0.3) is 0 Å². The van der Waals surface area contributed by atoms with Gasteiger partial charge in [-0.3, -0.25) is 4.90 Å². The number of hydrogen-bond acceptors (Lipinski definition) is 4. The van der Waals surface area contributed by atoms with Crippen LogP contribution in [-0.4, -0.2) is 49.2 Å². The molecule has 1 unspecified atom stereocenters. The van der Waals surface area contributed by atoms with Crippen LogP contribution in [0.3, 0.4) is 0 Å². The van der Waals surface area contributed by atoms with Gasteiger partial charge in [-0.05, 0) is 59.7 Å². The molecule has 0 amide bonds. The zero-order chi connectivity index (χ0) is 24.6. The average molecular weight is 473 g/mol. The molecule has 2 fully saturated rings. The summed E-state index contributed by atoms with van der Waals surface area (Å²) >= 11 is 0. The van der Waals surface area contributed by atoms with E-state index < -0.39 is 17.5 Å². The van der Waals surface area contributed by atoms with Crippen LogP contribution in [0.4, 0.5) is 0 Å². The van der Waals surface area contributed by atoms with E-state index in [4.69, 9.17) is 19.8 Å². The predicted octanol–water partition coefficient (Wildman–Crippen LogP) is 4.49. The van der Waals surface area contributed by atoms with E-state index in [2.05, 4.69) is 82.8 Å². The molecule has 35 heavy (non-hydrogen) atoms. The van der Waals surface area contributed by atoms with Crippen molar-refractivity contribution in [3.63, 3.8) is 0 Å². The third-order valence-corrected chi connectivity index (χ3v) is 7.42. The SMILES string of the molecule is O=C(O)C(=O)O.OC1(c2ccc3ccccc3c2)C[C@H]2CC[C@@H](C1)N2Cc1c[nH]c2ccccc12. The largest absolute Gasteiger partial charge is 0.473 e. The number of aromatic nitrogens is 1. The maximum Gasteiger partial charge on any atom is 0.414 e. The minimum absolute atomic E-state index is 0.443. The van der Waals surface area contributed by atoms with Gasteiger partial charge < -0.3 is 20.3 Å². The van der Waals surface area contributed by atoms with E-state index in [9.17, 15) is 5.11 Å². The molecule has 1 aromatic heterocycles. The molecule has 0 radical (unpaired) electrons. The van der Waals surface area contributed by atoms with Crippen molar-refractivity contribution in [1.29, 1.82) is 0 Å². The molecule has 3 aromatic carbocycles. The molecule has 3 atom stereocenters. The lowest BCUT2D eigenvalue weighted by atomic mass is 9.80. The van der Waals surface area contributed by atoms with Crippen molar-refractivity contribution in [1.82, 2.24) is 9.88 Å². The number of nitrogens with zero attached hydrogens (tertiary/aromatic N) is 1. The van der Waals surface area contributed by atoms with Gasteiger partial charge in [-0.2, -0.15) is 0 Å². The van der Waals surface area contributed by atoms with E-state index in [0.717, 1.165) is 24.9 Å². The van der Waals surface area contributed by atoms with Gasteiger partial charge in [-0.15, -0.1) is 0 Å². The van der Waals surface area contributed by atoms with E-state index in [0.29, 0.717) is 12.1 Å². The third kappa shape index (κ3) is 4.52. The number of aromatic amines is 1. The summed E-state index contributed by atoms with van der Waals surface area (Å²) in [5.74, 6) is -3.65. The molecule has 7 nitrogen and oxygen atoms in total. The van der Waals surface area contributed by atoms with Gasteiger partial charge in [-0.1, -0.05) is 54.6 Å². The number of H-pyrrole nitrogens is 1. The summed E-state index contributed by atoms with van der Waals surface area (Å²) in [6, 6.07) is 24.3. The average Bonchev–Trinajstić information content (AvgIpc) is 3.37. The van der Waals surface area contributed by atoms with Gasteiger partial charge in [0.15, 0.2) is 0 Å². The van der Waals surface area contributed by atoms with Crippen LogP contribution in [0.15, 0.2) is 72.9 Å². The summed E-state index contributed by atoms with van der Waals surface area (Å²) in [5.41, 5.74) is 2.94. The van der Waals surface area contributed by atoms with Crippen LogP contribution in [0.1, 0.15) is 36.8 Å². The molecule has 2 bridgehead atoms. The van der Waals surface area contributed by atoms with Crippen molar-refractivity contribution in [2.24, 2.45) is 0 Å². The minimum atomic E-state index is -1.82. The number of piperidine rings is 1. The molecule has 4 N–H and O–H groups in total. The second-order valence-electron chi connectivity index (χ2n) is 9.53. The predicted molar refractivity (Wildman–Crippen MR) is 133 cm³/mol. The molecule has 2 aliphatic rings. The summed E-state index contributed by atoms with van der Waals surface area (Å²) < 4.78 is 0. The summed E-state index contributed by atoms with van der Waals surface area (Å²) in [7, 11) is 0. The summed E-state index contributed by atoms with van der Waals surface area (Å²) in [5, 5.41) is 30.2. The van der Waals surface area contributed by atoms with Gasteiger partial charge in [0.05, 0.1) is 5.60 Å². The lowest BCUT2D eigenvalue weighted by Crippen LogP contribution is -2.49. The Hall–Kier alpha value is -3.68. The van der Waals surface area contributed by atoms with Crippen molar-refractivity contribution in [2.75, 3.05) is 0 Å². The Morgan fingerprint density at radius 1 is 0.886 bits per heavy atom. The van der Waals surface area contributed by atoms with Gasteiger partial charge in [0.2, 0.25) is 0 Å². The fourth-order valence-electron chi connectivity index (χ4n) is 5.75. The number of fused-ring (bicyclic) bond motifs is 4. The highest BCUT2D eigenvalue weighted by molar-refractivity contribution is 6.27. The topological polar surface area (TPSA) is 114 Å². The Morgan fingerprint density at radius 2 is 1.51 bits per heavy atom. The van der Waals surface area contributed by atoms with E-state index in [-0.39, 0.29) is 0 Å². The number of nitrogens with one attached hydrogen (secondary N) is 1. The van der Waals surface area contributed by atoms with E-state index in [1.165, 1.54) is 40.1 Å². The Morgan fingerprint density at radius 3 is 2.20 bits per heavy atom. The second kappa shape index (κ2) is 9.17. The molecule has 6 rings (SSSR count). The highest BCUT2D eigenvalue weighted by Gasteiger charge is 2.48. The quantitative estimate of drug-likeness (QED) is 0.327. The molecule has 7 heteroatoms. The van der Waals surface area contributed by atoms with Crippen LogP contribution in [-0.2, 0) is 21.7 Å². The Bertz CT molecular complexity index is 1370. The van der Waals surface area contributed by atoms with Crippen LogP contribution in [0.25, 0.3) is 21.7 Å². The number of carboxylic acids is 2. The minimum Gasteiger partial charge on any atom is -0.473 e. The van der Waals surface area contributed by atoms with Crippen molar-refractivity contribution in [2.45, 2.75) is 49.9 Å². The van der Waals surface area contributed by atoms with Crippen LogP contribution < -0.4 is 0 Å². The summed E-state index contributed by atoms with van der Waals surface area (Å²) in [4.78, 5) is 24.3. The number of hydrogen-bond donors (Lipinski definition) is 4.